The molecule has 0 aromatic carbocycles. The molecule has 1 unspecified atom stereocenters. The van der Waals surface area contributed by atoms with Crippen molar-refractivity contribution in [3.63, 3.8) is 0 Å². The zero-order chi connectivity index (χ0) is 14.0. The standard InChI is InChI=1S/C11H14F3N3OS/c1-2-8-9(19-16-15-8)10(18)17-5-3-4-7(6-17)11(12,13)14/h7H,2-6H2,1H3. The highest BCUT2D eigenvalue weighted by Gasteiger charge is 2.43. The van der Waals surface area contributed by atoms with Crippen LogP contribution in [-0.4, -0.2) is 39.7 Å². The van der Waals surface area contributed by atoms with Gasteiger partial charge in [-0.1, -0.05) is 11.4 Å². The zero-order valence-electron chi connectivity index (χ0n) is 10.4. The molecule has 0 aliphatic carbocycles. The Hall–Kier alpha value is -1.18. The number of likely N-dealkylation sites (tertiary alicyclic amines) is 1. The van der Waals surface area contributed by atoms with E-state index < -0.39 is 12.1 Å². The van der Waals surface area contributed by atoms with Crippen molar-refractivity contribution < 1.29 is 18.0 Å². The average molecular weight is 293 g/mol. The Balaban J connectivity index is 2.11. The van der Waals surface area contributed by atoms with Gasteiger partial charge in [-0.15, -0.1) is 5.10 Å². The van der Waals surface area contributed by atoms with Crippen LogP contribution in [-0.2, 0) is 6.42 Å². The van der Waals surface area contributed by atoms with Crippen LogP contribution in [0.4, 0.5) is 13.2 Å². The fourth-order valence-electron chi connectivity index (χ4n) is 2.17. The lowest BCUT2D eigenvalue weighted by molar-refractivity contribution is -0.184. The van der Waals surface area contributed by atoms with E-state index in [1.165, 1.54) is 4.90 Å². The Kier molecular flexibility index (Phi) is 4.07. The molecule has 0 bridgehead atoms. The molecule has 2 rings (SSSR count). The van der Waals surface area contributed by atoms with Crippen LogP contribution in [0.15, 0.2) is 0 Å². The number of hydrogen-bond acceptors (Lipinski definition) is 4. The topological polar surface area (TPSA) is 46.1 Å². The van der Waals surface area contributed by atoms with E-state index in [4.69, 9.17) is 0 Å². The quantitative estimate of drug-likeness (QED) is 0.841. The fourth-order valence-corrected chi connectivity index (χ4v) is 2.89. The monoisotopic (exact) mass is 293 g/mol. The molecular formula is C11H14F3N3OS. The molecule has 0 saturated carbocycles. The minimum atomic E-state index is -4.24. The number of piperidine rings is 1. The molecule has 2 heterocycles. The maximum Gasteiger partial charge on any atom is 0.393 e. The average Bonchev–Trinajstić information content (AvgIpc) is 2.85. The Morgan fingerprint density at radius 3 is 2.89 bits per heavy atom. The van der Waals surface area contributed by atoms with Crippen LogP contribution >= 0.6 is 11.5 Å². The van der Waals surface area contributed by atoms with Crippen LogP contribution in [0.2, 0.25) is 0 Å². The first-order valence-electron chi connectivity index (χ1n) is 6.10. The van der Waals surface area contributed by atoms with Crippen molar-refractivity contribution >= 4 is 17.4 Å². The molecule has 106 valence electrons. The molecule has 1 atom stereocenters. The van der Waals surface area contributed by atoms with Crippen LogP contribution in [0.5, 0.6) is 0 Å². The lowest BCUT2D eigenvalue weighted by Crippen LogP contribution is -2.44. The Labute approximate surface area is 112 Å². The van der Waals surface area contributed by atoms with Crippen molar-refractivity contribution in [3.05, 3.63) is 10.6 Å². The fraction of sp³-hybridized carbons (Fsp3) is 0.727. The maximum atomic E-state index is 12.7. The summed E-state index contributed by atoms with van der Waals surface area (Å²) < 4.78 is 41.8. The predicted molar refractivity (Wildman–Crippen MR) is 64.0 cm³/mol. The molecule has 1 saturated heterocycles. The molecule has 1 amide bonds. The van der Waals surface area contributed by atoms with Gasteiger partial charge in [-0.05, 0) is 30.8 Å². The molecule has 0 N–H and O–H groups in total. The number of rotatable bonds is 2. The number of nitrogens with zero attached hydrogens (tertiary/aromatic N) is 3. The second-order valence-corrected chi connectivity index (χ2v) is 5.29. The molecule has 0 radical (unpaired) electrons. The first-order valence-corrected chi connectivity index (χ1v) is 6.88. The van der Waals surface area contributed by atoms with Gasteiger partial charge >= 0.3 is 6.18 Å². The lowest BCUT2D eigenvalue weighted by Gasteiger charge is -2.33. The summed E-state index contributed by atoms with van der Waals surface area (Å²) in [5.41, 5.74) is 0.559. The van der Waals surface area contributed by atoms with Gasteiger partial charge in [-0.3, -0.25) is 4.79 Å². The summed E-state index contributed by atoms with van der Waals surface area (Å²) in [6, 6.07) is 0. The van der Waals surface area contributed by atoms with Crippen molar-refractivity contribution in [2.45, 2.75) is 32.4 Å². The summed E-state index contributed by atoms with van der Waals surface area (Å²) in [4.78, 5) is 13.8. The van der Waals surface area contributed by atoms with Gasteiger partial charge in [0.25, 0.3) is 5.91 Å². The van der Waals surface area contributed by atoms with Crippen molar-refractivity contribution in [2.24, 2.45) is 5.92 Å². The molecule has 1 aromatic heterocycles. The van der Waals surface area contributed by atoms with E-state index in [0.29, 0.717) is 30.0 Å². The molecule has 1 aromatic rings. The Morgan fingerprint density at radius 1 is 1.53 bits per heavy atom. The normalized spacial score (nSPS) is 20.6. The van der Waals surface area contributed by atoms with Gasteiger partial charge in [0.2, 0.25) is 0 Å². The molecule has 0 spiro atoms. The number of carbonyl (C=O) groups is 1. The van der Waals surface area contributed by atoms with Gasteiger partial charge in [-0.2, -0.15) is 13.2 Å². The van der Waals surface area contributed by atoms with Crippen LogP contribution in [0.3, 0.4) is 0 Å². The summed E-state index contributed by atoms with van der Waals surface area (Å²) in [7, 11) is 0. The van der Waals surface area contributed by atoms with Crippen LogP contribution in [0.1, 0.15) is 35.1 Å². The van der Waals surface area contributed by atoms with E-state index in [-0.39, 0.29) is 18.9 Å². The van der Waals surface area contributed by atoms with Crippen molar-refractivity contribution in [1.29, 1.82) is 0 Å². The molecular weight excluding hydrogens is 279 g/mol. The zero-order valence-corrected chi connectivity index (χ0v) is 11.2. The SMILES string of the molecule is CCc1nnsc1C(=O)N1CCCC(C(F)(F)F)C1. The minimum absolute atomic E-state index is 0.0921. The molecule has 1 fully saturated rings. The smallest absolute Gasteiger partial charge is 0.337 e. The second-order valence-electron chi connectivity index (χ2n) is 4.53. The van der Waals surface area contributed by atoms with Gasteiger partial charge in [0, 0.05) is 13.1 Å². The predicted octanol–water partition coefficient (Wildman–Crippen LogP) is 2.52. The largest absolute Gasteiger partial charge is 0.393 e. The Morgan fingerprint density at radius 2 is 2.26 bits per heavy atom. The lowest BCUT2D eigenvalue weighted by atomic mass is 9.97. The van der Waals surface area contributed by atoms with Gasteiger partial charge in [0.15, 0.2) is 0 Å². The summed E-state index contributed by atoms with van der Waals surface area (Å²) in [6.07, 6.45) is -3.22. The van der Waals surface area contributed by atoms with E-state index >= 15 is 0 Å². The van der Waals surface area contributed by atoms with E-state index in [1.54, 1.807) is 0 Å². The molecule has 8 heteroatoms. The minimum Gasteiger partial charge on any atom is -0.337 e. The van der Waals surface area contributed by atoms with Gasteiger partial charge in [0.05, 0.1) is 11.6 Å². The van der Waals surface area contributed by atoms with E-state index in [9.17, 15) is 18.0 Å². The van der Waals surface area contributed by atoms with Crippen molar-refractivity contribution in [3.8, 4) is 0 Å². The first-order chi connectivity index (χ1) is 8.93. The van der Waals surface area contributed by atoms with Gasteiger partial charge in [0.1, 0.15) is 4.88 Å². The number of aryl methyl sites for hydroxylation is 1. The highest BCUT2D eigenvalue weighted by molar-refractivity contribution is 7.08. The van der Waals surface area contributed by atoms with Crippen LogP contribution in [0, 0.1) is 5.92 Å². The van der Waals surface area contributed by atoms with Crippen molar-refractivity contribution in [2.75, 3.05) is 13.1 Å². The van der Waals surface area contributed by atoms with E-state index in [1.807, 2.05) is 6.92 Å². The highest BCUT2D eigenvalue weighted by atomic mass is 32.1. The summed E-state index contributed by atoms with van der Waals surface area (Å²) in [6.45, 7) is 1.94. The maximum absolute atomic E-state index is 12.7. The third-order valence-electron chi connectivity index (χ3n) is 3.26. The molecule has 4 nitrogen and oxygen atoms in total. The number of amides is 1. The number of carbonyl (C=O) groups excluding carboxylic acids is 1. The number of aromatic nitrogens is 2. The van der Waals surface area contributed by atoms with Crippen LogP contribution in [0.25, 0.3) is 0 Å². The number of halogens is 3. The Bertz CT molecular complexity index is 460. The summed E-state index contributed by atoms with van der Waals surface area (Å²) in [5, 5.41) is 3.82. The van der Waals surface area contributed by atoms with Gasteiger partial charge in [-0.25, -0.2) is 0 Å². The third kappa shape index (κ3) is 3.05. The van der Waals surface area contributed by atoms with E-state index in [0.717, 1.165) is 11.5 Å². The number of hydrogen-bond donors (Lipinski definition) is 0. The second kappa shape index (κ2) is 5.44. The molecule has 19 heavy (non-hydrogen) atoms. The summed E-state index contributed by atoms with van der Waals surface area (Å²) in [5.74, 6) is -1.79. The third-order valence-corrected chi connectivity index (χ3v) is 4.01. The molecule has 1 aliphatic heterocycles. The molecule has 1 aliphatic rings. The summed E-state index contributed by atoms with van der Waals surface area (Å²) >= 11 is 0.951. The van der Waals surface area contributed by atoms with Crippen LogP contribution < -0.4 is 0 Å². The van der Waals surface area contributed by atoms with E-state index in [2.05, 4.69) is 9.59 Å². The number of alkyl halides is 3. The van der Waals surface area contributed by atoms with Gasteiger partial charge < -0.3 is 4.90 Å². The highest BCUT2D eigenvalue weighted by Crippen LogP contribution is 2.33. The first kappa shape index (κ1) is 14.2. The van der Waals surface area contributed by atoms with Crippen molar-refractivity contribution in [1.82, 2.24) is 14.5 Å².